The number of hydrogen-bond donors (Lipinski definition) is 1. The fraction of sp³-hybridized carbons (Fsp3) is 0.400. The minimum Gasteiger partial charge on any atom is -0.309 e. The fourth-order valence-electron chi connectivity index (χ4n) is 3.59. The van der Waals surface area contributed by atoms with Crippen molar-refractivity contribution in [2.24, 2.45) is 5.92 Å². The van der Waals surface area contributed by atoms with Crippen LogP contribution in [0.3, 0.4) is 0 Å². The predicted octanol–water partition coefficient (Wildman–Crippen LogP) is 4.17. The summed E-state index contributed by atoms with van der Waals surface area (Å²) >= 11 is 9.42. The fourth-order valence-corrected chi connectivity index (χ4v) is 5.13. The van der Waals surface area contributed by atoms with Gasteiger partial charge in [-0.3, -0.25) is 9.59 Å². The summed E-state index contributed by atoms with van der Waals surface area (Å²) in [6, 6.07) is 4.58. The summed E-state index contributed by atoms with van der Waals surface area (Å²) in [6.45, 7) is 0. The second-order valence-electron chi connectivity index (χ2n) is 7.45. The monoisotopic (exact) mass is 513 g/mol. The third-order valence-corrected chi connectivity index (χ3v) is 7.17. The molecule has 7 nitrogen and oxygen atoms in total. The number of halogens is 2. The summed E-state index contributed by atoms with van der Waals surface area (Å²) in [5.74, 6) is -0.0851. The van der Waals surface area contributed by atoms with Crippen LogP contribution in [0.2, 0.25) is 5.02 Å². The van der Waals surface area contributed by atoms with Gasteiger partial charge < -0.3 is 5.32 Å². The maximum atomic E-state index is 13.1. The SMILES string of the molecule is CS(=O)(=O)c1ccc([C@H](CC2CCC(=O)CC2)C(=O)Nc2cnc(Br)cn2)cc1Cl. The lowest BCUT2D eigenvalue weighted by Gasteiger charge is -2.26. The van der Waals surface area contributed by atoms with Gasteiger partial charge in [-0.15, -0.1) is 0 Å². The lowest BCUT2D eigenvalue weighted by Crippen LogP contribution is -2.26. The van der Waals surface area contributed by atoms with E-state index in [0.717, 1.165) is 19.1 Å². The van der Waals surface area contributed by atoms with Crippen molar-refractivity contribution in [2.45, 2.75) is 42.9 Å². The molecule has 0 aliphatic heterocycles. The van der Waals surface area contributed by atoms with E-state index >= 15 is 0 Å². The number of sulfone groups is 1. The van der Waals surface area contributed by atoms with Gasteiger partial charge in [0.25, 0.3) is 0 Å². The first-order chi connectivity index (χ1) is 14.1. The van der Waals surface area contributed by atoms with Crippen LogP contribution in [0.1, 0.15) is 43.6 Å². The zero-order chi connectivity index (χ0) is 21.9. The van der Waals surface area contributed by atoms with Gasteiger partial charge in [-0.05, 0) is 58.8 Å². The van der Waals surface area contributed by atoms with Gasteiger partial charge >= 0.3 is 0 Å². The molecule has 1 fully saturated rings. The molecule has 0 bridgehead atoms. The molecule has 10 heteroatoms. The molecule has 0 radical (unpaired) electrons. The molecule has 0 unspecified atom stereocenters. The number of ketones is 1. The summed E-state index contributed by atoms with van der Waals surface area (Å²) in [7, 11) is -3.47. The van der Waals surface area contributed by atoms with Crippen LogP contribution in [-0.2, 0) is 19.4 Å². The molecular formula is C20H21BrClN3O4S. The number of aromatic nitrogens is 2. The number of hydrogen-bond acceptors (Lipinski definition) is 6. The van der Waals surface area contributed by atoms with Gasteiger partial charge in [0.1, 0.15) is 10.4 Å². The van der Waals surface area contributed by atoms with Crippen molar-refractivity contribution in [3.8, 4) is 0 Å². The van der Waals surface area contributed by atoms with Crippen LogP contribution in [0.4, 0.5) is 5.82 Å². The van der Waals surface area contributed by atoms with Crippen LogP contribution in [0, 0.1) is 5.92 Å². The summed E-state index contributed by atoms with van der Waals surface area (Å²) < 4.78 is 24.3. The van der Waals surface area contributed by atoms with E-state index in [2.05, 4.69) is 31.2 Å². The quantitative estimate of drug-likeness (QED) is 0.620. The normalized spacial score (nSPS) is 16.3. The summed E-state index contributed by atoms with van der Waals surface area (Å²) in [5, 5.41) is 2.85. The molecule has 1 atom stereocenters. The molecule has 1 aromatic heterocycles. The third-order valence-electron chi connectivity index (χ3n) is 5.18. The van der Waals surface area contributed by atoms with E-state index in [1.165, 1.54) is 24.5 Å². The number of carbonyl (C=O) groups excluding carboxylic acids is 2. The number of rotatable bonds is 6. The number of benzene rings is 1. The number of carbonyl (C=O) groups is 2. The van der Waals surface area contributed by atoms with E-state index in [4.69, 9.17) is 11.6 Å². The molecule has 160 valence electrons. The van der Waals surface area contributed by atoms with E-state index in [9.17, 15) is 18.0 Å². The number of nitrogens with zero attached hydrogens (tertiary/aromatic N) is 2. The Kier molecular flexibility index (Phi) is 7.26. The van der Waals surface area contributed by atoms with Crippen molar-refractivity contribution in [3.05, 3.63) is 45.8 Å². The van der Waals surface area contributed by atoms with Gasteiger partial charge in [-0.25, -0.2) is 18.4 Å². The van der Waals surface area contributed by atoms with Gasteiger partial charge in [0.15, 0.2) is 15.7 Å². The van der Waals surface area contributed by atoms with Crippen LogP contribution in [0.25, 0.3) is 0 Å². The average Bonchev–Trinajstić information content (AvgIpc) is 2.68. The van der Waals surface area contributed by atoms with Crippen molar-refractivity contribution < 1.29 is 18.0 Å². The second kappa shape index (κ2) is 9.53. The van der Waals surface area contributed by atoms with Gasteiger partial charge in [-0.1, -0.05) is 17.7 Å². The van der Waals surface area contributed by atoms with Crippen molar-refractivity contribution in [1.82, 2.24) is 9.97 Å². The Bertz CT molecular complexity index is 1050. The van der Waals surface area contributed by atoms with Crippen molar-refractivity contribution in [3.63, 3.8) is 0 Å². The van der Waals surface area contributed by atoms with Crippen LogP contribution < -0.4 is 5.32 Å². The van der Waals surface area contributed by atoms with E-state index in [-0.39, 0.29) is 27.5 Å². The van der Waals surface area contributed by atoms with Gasteiger partial charge in [0.05, 0.1) is 28.2 Å². The molecule has 1 saturated carbocycles. The first-order valence-electron chi connectivity index (χ1n) is 9.43. The Morgan fingerprint density at radius 3 is 2.53 bits per heavy atom. The lowest BCUT2D eigenvalue weighted by atomic mass is 9.80. The zero-order valence-corrected chi connectivity index (χ0v) is 19.4. The number of amides is 1. The first-order valence-corrected chi connectivity index (χ1v) is 12.5. The van der Waals surface area contributed by atoms with Crippen LogP contribution in [0.15, 0.2) is 40.1 Å². The molecule has 30 heavy (non-hydrogen) atoms. The van der Waals surface area contributed by atoms with E-state index in [0.29, 0.717) is 35.2 Å². The maximum Gasteiger partial charge on any atom is 0.233 e. The lowest BCUT2D eigenvalue weighted by molar-refractivity contribution is -0.121. The maximum absolute atomic E-state index is 13.1. The molecule has 3 rings (SSSR count). The topological polar surface area (TPSA) is 106 Å². The highest BCUT2D eigenvalue weighted by atomic mass is 79.9. The van der Waals surface area contributed by atoms with Crippen LogP contribution >= 0.6 is 27.5 Å². The van der Waals surface area contributed by atoms with E-state index in [1.807, 2.05) is 0 Å². The third kappa shape index (κ3) is 5.86. The van der Waals surface area contributed by atoms with Crippen LogP contribution in [0.5, 0.6) is 0 Å². The van der Waals surface area contributed by atoms with Crippen LogP contribution in [-0.4, -0.2) is 36.3 Å². The molecule has 2 aromatic rings. The van der Waals surface area contributed by atoms with Gasteiger partial charge in [0.2, 0.25) is 5.91 Å². The van der Waals surface area contributed by atoms with E-state index < -0.39 is 15.8 Å². The molecule has 1 aliphatic carbocycles. The smallest absolute Gasteiger partial charge is 0.233 e. The summed E-state index contributed by atoms with van der Waals surface area (Å²) in [5.41, 5.74) is 0.617. The number of Topliss-reactive ketones (excluding diaryl/α,β-unsaturated/α-hetero) is 1. The van der Waals surface area contributed by atoms with Crippen molar-refractivity contribution in [2.75, 3.05) is 11.6 Å². The van der Waals surface area contributed by atoms with E-state index in [1.54, 1.807) is 6.07 Å². The van der Waals surface area contributed by atoms with Gasteiger partial charge in [-0.2, -0.15) is 0 Å². The minimum atomic E-state index is -3.47. The molecule has 1 aliphatic rings. The number of anilines is 1. The molecule has 0 spiro atoms. The minimum absolute atomic E-state index is 0.0223. The predicted molar refractivity (Wildman–Crippen MR) is 117 cm³/mol. The Hall–Kier alpha value is -1.84. The van der Waals surface area contributed by atoms with Crippen molar-refractivity contribution in [1.29, 1.82) is 0 Å². The second-order valence-corrected chi connectivity index (χ2v) is 10.6. The molecular weight excluding hydrogens is 494 g/mol. The molecule has 1 heterocycles. The standard InChI is InChI=1S/C20H21BrClN3O4S/c1-30(28,29)17-7-4-13(9-16(17)22)15(8-12-2-5-14(26)6-3-12)20(27)25-19-11-23-18(21)10-24-19/h4,7,9-12,15H,2-3,5-6,8H2,1H3,(H,24,25,27)/t15-/m0/s1. The highest BCUT2D eigenvalue weighted by Crippen LogP contribution is 2.35. The first kappa shape index (κ1) is 22.8. The Morgan fingerprint density at radius 1 is 1.27 bits per heavy atom. The molecule has 1 N–H and O–H groups in total. The molecule has 1 amide bonds. The Balaban J connectivity index is 1.88. The summed E-state index contributed by atoms with van der Waals surface area (Å²) in [4.78, 5) is 32.9. The highest BCUT2D eigenvalue weighted by molar-refractivity contribution is 9.10. The molecule has 0 saturated heterocycles. The van der Waals surface area contributed by atoms with Gasteiger partial charge in [0, 0.05) is 19.1 Å². The van der Waals surface area contributed by atoms with Crippen molar-refractivity contribution >= 4 is 54.9 Å². The zero-order valence-electron chi connectivity index (χ0n) is 16.3. The Morgan fingerprint density at radius 2 is 1.97 bits per heavy atom. The highest BCUT2D eigenvalue weighted by Gasteiger charge is 2.29. The average molecular weight is 515 g/mol. The largest absolute Gasteiger partial charge is 0.309 e. The molecule has 1 aromatic carbocycles. The Labute approximate surface area is 188 Å². The summed E-state index contributed by atoms with van der Waals surface area (Å²) in [6.07, 6.45) is 7.04. The number of nitrogens with one attached hydrogen (secondary N) is 1.